The molecule has 0 amide bonds. The van der Waals surface area contributed by atoms with Gasteiger partial charge in [0.05, 0.1) is 12.2 Å². The van der Waals surface area contributed by atoms with E-state index in [-0.39, 0.29) is 5.92 Å². The van der Waals surface area contributed by atoms with Crippen molar-refractivity contribution in [1.82, 2.24) is 0 Å². The lowest BCUT2D eigenvalue weighted by molar-refractivity contribution is -0.108. The second-order valence-electron chi connectivity index (χ2n) is 3.37. The first-order valence-electron chi connectivity index (χ1n) is 4.19. The van der Waals surface area contributed by atoms with E-state index < -0.39 is 5.60 Å². The molecule has 0 spiro atoms. The normalized spacial score (nSPS) is 39.0. The fourth-order valence-electron chi connectivity index (χ4n) is 1.53. The molecule has 11 heavy (non-hydrogen) atoms. The van der Waals surface area contributed by atoms with Gasteiger partial charge in [-0.15, -0.1) is 0 Å². The zero-order chi connectivity index (χ0) is 8.32. The molecule has 1 aliphatic rings. The maximum Gasteiger partial charge on any atom is 0.0729 e. The van der Waals surface area contributed by atoms with E-state index in [1.165, 1.54) is 0 Å². The van der Waals surface area contributed by atoms with E-state index in [9.17, 15) is 5.11 Å². The first-order chi connectivity index (χ1) is 5.19. The van der Waals surface area contributed by atoms with Gasteiger partial charge in [0, 0.05) is 12.5 Å². The zero-order valence-electron chi connectivity index (χ0n) is 7.05. The SMILES string of the molecule is CC1COCCC1(O)CCN. The molecule has 3 nitrogen and oxygen atoms in total. The Balaban J connectivity index is 2.49. The molecule has 0 aromatic heterocycles. The number of aliphatic hydroxyl groups is 1. The van der Waals surface area contributed by atoms with Crippen LogP contribution < -0.4 is 5.73 Å². The molecule has 3 N–H and O–H groups in total. The van der Waals surface area contributed by atoms with Crippen molar-refractivity contribution < 1.29 is 9.84 Å². The molecule has 2 unspecified atom stereocenters. The third kappa shape index (κ3) is 1.92. The topological polar surface area (TPSA) is 55.5 Å². The van der Waals surface area contributed by atoms with E-state index in [1.807, 2.05) is 6.92 Å². The van der Waals surface area contributed by atoms with E-state index in [0.29, 0.717) is 26.2 Å². The van der Waals surface area contributed by atoms with Gasteiger partial charge in [-0.05, 0) is 19.4 Å². The molecular formula is C8H17NO2. The molecule has 0 bridgehead atoms. The Kier molecular flexibility index (Phi) is 2.87. The Morgan fingerprint density at radius 3 is 3.00 bits per heavy atom. The molecule has 3 heteroatoms. The van der Waals surface area contributed by atoms with Crippen molar-refractivity contribution in [3.63, 3.8) is 0 Å². The fourth-order valence-corrected chi connectivity index (χ4v) is 1.53. The number of ether oxygens (including phenoxy) is 1. The molecule has 0 aromatic carbocycles. The van der Waals surface area contributed by atoms with Gasteiger partial charge in [-0.2, -0.15) is 0 Å². The minimum absolute atomic E-state index is 0.222. The molecule has 0 saturated carbocycles. The highest BCUT2D eigenvalue weighted by Gasteiger charge is 2.35. The van der Waals surface area contributed by atoms with E-state index in [1.54, 1.807) is 0 Å². The van der Waals surface area contributed by atoms with Crippen molar-refractivity contribution in [2.75, 3.05) is 19.8 Å². The van der Waals surface area contributed by atoms with Gasteiger partial charge in [-0.25, -0.2) is 0 Å². The van der Waals surface area contributed by atoms with Gasteiger partial charge in [0.2, 0.25) is 0 Å². The van der Waals surface area contributed by atoms with Gasteiger partial charge in [0.15, 0.2) is 0 Å². The Morgan fingerprint density at radius 2 is 2.45 bits per heavy atom. The van der Waals surface area contributed by atoms with Gasteiger partial charge >= 0.3 is 0 Å². The Bertz CT molecular complexity index is 125. The lowest BCUT2D eigenvalue weighted by atomic mass is 9.82. The summed E-state index contributed by atoms with van der Waals surface area (Å²) in [6, 6.07) is 0. The summed E-state index contributed by atoms with van der Waals surface area (Å²) < 4.78 is 5.22. The molecule has 1 rings (SSSR count). The molecule has 1 heterocycles. The van der Waals surface area contributed by atoms with Crippen LogP contribution in [0.3, 0.4) is 0 Å². The number of rotatable bonds is 2. The maximum absolute atomic E-state index is 9.98. The summed E-state index contributed by atoms with van der Waals surface area (Å²) in [5.41, 5.74) is 4.84. The quantitative estimate of drug-likeness (QED) is 0.602. The first-order valence-corrected chi connectivity index (χ1v) is 4.19. The largest absolute Gasteiger partial charge is 0.389 e. The predicted molar refractivity (Wildman–Crippen MR) is 43.2 cm³/mol. The molecule has 2 atom stereocenters. The number of hydrogen-bond acceptors (Lipinski definition) is 3. The Hall–Kier alpha value is -0.120. The van der Waals surface area contributed by atoms with E-state index in [0.717, 1.165) is 6.42 Å². The van der Waals surface area contributed by atoms with Gasteiger partial charge in [-0.1, -0.05) is 6.92 Å². The van der Waals surface area contributed by atoms with Crippen LogP contribution in [0, 0.1) is 5.92 Å². The third-order valence-electron chi connectivity index (χ3n) is 2.54. The van der Waals surface area contributed by atoms with Crippen LogP contribution in [0.5, 0.6) is 0 Å². The van der Waals surface area contributed by atoms with Crippen molar-refractivity contribution in [1.29, 1.82) is 0 Å². The van der Waals surface area contributed by atoms with Gasteiger partial charge < -0.3 is 15.6 Å². The van der Waals surface area contributed by atoms with Crippen molar-refractivity contribution in [3.05, 3.63) is 0 Å². The smallest absolute Gasteiger partial charge is 0.0729 e. The second-order valence-corrected chi connectivity index (χ2v) is 3.37. The Labute approximate surface area is 67.5 Å². The highest BCUT2D eigenvalue weighted by molar-refractivity contribution is 4.86. The van der Waals surface area contributed by atoms with Crippen molar-refractivity contribution in [3.8, 4) is 0 Å². The summed E-state index contributed by atoms with van der Waals surface area (Å²) in [5, 5.41) is 9.98. The van der Waals surface area contributed by atoms with Gasteiger partial charge in [0.1, 0.15) is 0 Å². The predicted octanol–water partition coefficient (Wildman–Crippen LogP) is 0.123. The monoisotopic (exact) mass is 159 g/mol. The molecule has 0 radical (unpaired) electrons. The first kappa shape index (κ1) is 8.97. The van der Waals surface area contributed by atoms with Gasteiger partial charge in [-0.3, -0.25) is 0 Å². The van der Waals surface area contributed by atoms with Crippen LogP contribution in [-0.4, -0.2) is 30.5 Å². The maximum atomic E-state index is 9.98. The van der Waals surface area contributed by atoms with Crippen LogP contribution >= 0.6 is 0 Å². The summed E-state index contributed by atoms with van der Waals surface area (Å²) in [6.07, 6.45) is 1.42. The van der Waals surface area contributed by atoms with Crippen molar-refractivity contribution >= 4 is 0 Å². The number of hydrogen-bond donors (Lipinski definition) is 2. The van der Waals surface area contributed by atoms with Crippen LogP contribution in [0.15, 0.2) is 0 Å². The minimum Gasteiger partial charge on any atom is -0.389 e. The summed E-state index contributed by atoms with van der Waals surface area (Å²) in [6.45, 7) is 3.90. The summed E-state index contributed by atoms with van der Waals surface area (Å²) >= 11 is 0. The van der Waals surface area contributed by atoms with E-state index in [2.05, 4.69) is 0 Å². The number of nitrogens with two attached hydrogens (primary N) is 1. The minimum atomic E-state index is -0.562. The highest BCUT2D eigenvalue weighted by atomic mass is 16.5. The van der Waals surface area contributed by atoms with Crippen LogP contribution in [0.4, 0.5) is 0 Å². The molecule has 0 aliphatic carbocycles. The van der Waals surface area contributed by atoms with Crippen LogP contribution in [0.1, 0.15) is 19.8 Å². The lowest BCUT2D eigenvalue weighted by Crippen LogP contribution is -2.45. The second kappa shape index (κ2) is 3.52. The highest BCUT2D eigenvalue weighted by Crippen LogP contribution is 2.28. The molecule has 0 aromatic rings. The fraction of sp³-hybridized carbons (Fsp3) is 1.00. The van der Waals surface area contributed by atoms with E-state index >= 15 is 0 Å². The molecule has 1 aliphatic heterocycles. The standard InChI is InChI=1S/C8H17NO2/c1-7-6-11-5-3-8(7,10)2-4-9/h7,10H,2-6,9H2,1H3. The molecule has 66 valence electrons. The summed E-state index contributed by atoms with van der Waals surface area (Å²) in [4.78, 5) is 0. The lowest BCUT2D eigenvalue weighted by Gasteiger charge is -2.37. The van der Waals surface area contributed by atoms with Crippen LogP contribution in [-0.2, 0) is 4.74 Å². The molecule has 1 fully saturated rings. The van der Waals surface area contributed by atoms with Gasteiger partial charge in [0.25, 0.3) is 0 Å². The summed E-state index contributed by atoms with van der Waals surface area (Å²) in [7, 11) is 0. The summed E-state index contributed by atoms with van der Waals surface area (Å²) in [5.74, 6) is 0.222. The average Bonchev–Trinajstić information content (AvgIpc) is 1.96. The third-order valence-corrected chi connectivity index (χ3v) is 2.54. The van der Waals surface area contributed by atoms with Crippen LogP contribution in [0.25, 0.3) is 0 Å². The molecule has 1 saturated heterocycles. The van der Waals surface area contributed by atoms with Crippen LogP contribution in [0.2, 0.25) is 0 Å². The Morgan fingerprint density at radius 1 is 1.73 bits per heavy atom. The molecular weight excluding hydrogens is 142 g/mol. The van der Waals surface area contributed by atoms with E-state index in [4.69, 9.17) is 10.5 Å². The van der Waals surface area contributed by atoms with Crippen molar-refractivity contribution in [2.24, 2.45) is 11.7 Å². The average molecular weight is 159 g/mol. The van der Waals surface area contributed by atoms with Crippen molar-refractivity contribution in [2.45, 2.75) is 25.4 Å². The zero-order valence-corrected chi connectivity index (χ0v) is 7.05.